The summed E-state index contributed by atoms with van der Waals surface area (Å²) in [5.41, 5.74) is 0.0784. The smallest absolute Gasteiger partial charge is 0.357 e. The van der Waals surface area contributed by atoms with Gasteiger partial charge in [-0.3, -0.25) is 4.90 Å². The van der Waals surface area contributed by atoms with E-state index in [1.807, 2.05) is 4.90 Å². The number of nitrogens with zero attached hydrogens (tertiary/aromatic N) is 1. The van der Waals surface area contributed by atoms with Crippen LogP contribution >= 0.6 is 0 Å². The molecule has 1 fully saturated rings. The van der Waals surface area contributed by atoms with Gasteiger partial charge >= 0.3 is 6.18 Å². The molecule has 0 aliphatic carbocycles. The number of hydrogen-bond donors (Lipinski definition) is 1. The van der Waals surface area contributed by atoms with E-state index in [-0.39, 0.29) is 12.3 Å². The third-order valence-corrected chi connectivity index (χ3v) is 3.06. The van der Waals surface area contributed by atoms with Crippen molar-refractivity contribution in [1.82, 2.24) is 10.2 Å². The first kappa shape index (κ1) is 16.7. The zero-order valence-corrected chi connectivity index (χ0v) is 12.0. The van der Waals surface area contributed by atoms with E-state index in [2.05, 4.69) is 26.1 Å². The molecule has 1 N–H and O–H groups in total. The lowest BCUT2D eigenvalue weighted by molar-refractivity contribution is -0.184. The molecule has 0 radical (unpaired) electrons. The van der Waals surface area contributed by atoms with Crippen molar-refractivity contribution in [2.45, 2.75) is 45.3 Å². The fourth-order valence-corrected chi connectivity index (χ4v) is 2.18. The van der Waals surface area contributed by atoms with Crippen molar-refractivity contribution in [2.75, 3.05) is 33.0 Å². The van der Waals surface area contributed by atoms with Crippen molar-refractivity contribution in [3.63, 3.8) is 0 Å². The van der Waals surface area contributed by atoms with Crippen LogP contribution in [0.25, 0.3) is 0 Å². The molecule has 0 aromatic heterocycles. The van der Waals surface area contributed by atoms with E-state index in [9.17, 15) is 13.2 Å². The molecule has 1 atom stereocenters. The van der Waals surface area contributed by atoms with Crippen LogP contribution in [0.2, 0.25) is 0 Å². The Kier molecular flexibility index (Phi) is 6.08. The summed E-state index contributed by atoms with van der Waals surface area (Å²) in [5, 5.41) is 3.45. The molecule has 3 nitrogen and oxygen atoms in total. The van der Waals surface area contributed by atoms with Gasteiger partial charge in [0, 0.05) is 18.6 Å². The van der Waals surface area contributed by atoms with Crippen molar-refractivity contribution in [1.29, 1.82) is 0 Å². The zero-order chi connectivity index (χ0) is 14.5. The minimum absolute atomic E-state index is 0.0749. The predicted molar refractivity (Wildman–Crippen MR) is 68.9 cm³/mol. The summed E-state index contributed by atoms with van der Waals surface area (Å²) in [6.07, 6.45) is -2.09. The normalized spacial score (nSPS) is 22.7. The minimum atomic E-state index is -4.23. The molecule has 0 spiro atoms. The quantitative estimate of drug-likeness (QED) is 0.839. The van der Waals surface area contributed by atoms with E-state index in [1.54, 1.807) is 0 Å². The van der Waals surface area contributed by atoms with Crippen LogP contribution in [0.3, 0.4) is 0 Å². The van der Waals surface area contributed by atoms with Gasteiger partial charge in [0.05, 0.1) is 6.73 Å². The van der Waals surface area contributed by atoms with E-state index in [0.717, 1.165) is 32.5 Å². The largest absolute Gasteiger partial charge is 0.411 e. The van der Waals surface area contributed by atoms with Gasteiger partial charge in [-0.25, -0.2) is 0 Å². The molecule has 0 saturated carbocycles. The monoisotopic (exact) mass is 282 g/mol. The van der Waals surface area contributed by atoms with Crippen LogP contribution in [0.5, 0.6) is 0 Å². The maximum absolute atomic E-state index is 12.0. The van der Waals surface area contributed by atoms with Crippen molar-refractivity contribution < 1.29 is 17.9 Å². The molecule has 1 unspecified atom stereocenters. The van der Waals surface area contributed by atoms with E-state index in [0.29, 0.717) is 5.92 Å². The predicted octanol–water partition coefficient (Wildman–Crippen LogP) is 2.62. The molecule has 114 valence electrons. The number of rotatable bonds is 5. The van der Waals surface area contributed by atoms with Crippen LogP contribution in [-0.2, 0) is 4.74 Å². The highest BCUT2D eigenvalue weighted by atomic mass is 19.4. The number of hydrogen-bond acceptors (Lipinski definition) is 3. The SMILES string of the molecule is CC(C)(C)NCC1CCCN(COCC(F)(F)F)C1. The summed E-state index contributed by atoms with van der Waals surface area (Å²) in [4.78, 5) is 1.96. The van der Waals surface area contributed by atoms with Crippen molar-refractivity contribution in [2.24, 2.45) is 5.92 Å². The molecule has 0 aromatic carbocycles. The maximum Gasteiger partial charge on any atom is 0.411 e. The molecule has 0 amide bonds. The molecule has 0 bridgehead atoms. The average molecular weight is 282 g/mol. The first-order chi connectivity index (χ1) is 8.66. The number of halogens is 3. The second kappa shape index (κ2) is 6.90. The fraction of sp³-hybridized carbons (Fsp3) is 1.00. The molecule has 1 aliphatic heterocycles. The van der Waals surface area contributed by atoms with Gasteiger partial charge in [0.1, 0.15) is 6.61 Å². The Morgan fingerprint density at radius 1 is 1.26 bits per heavy atom. The average Bonchev–Trinajstić information content (AvgIpc) is 2.24. The zero-order valence-electron chi connectivity index (χ0n) is 12.0. The number of likely N-dealkylation sites (tertiary alicyclic amines) is 1. The highest BCUT2D eigenvalue weighted by Gasteiger charge is 2.28. The van der Waals surface area contributed by atoms with Gasteiger partial charge in [-0.15, -0.1) is 0 Å². The van der Waals surface area contributed by atoms with Gasteiger partial charge < -0.3 is 10.1 Å². The Labute approximate surface area is 113 Å². The van der Waals surface area contributed by atoms with Gasteiger partial charge in [0.2, 0.25) is 0 Å². The van der Waals surface area contributed by atoms with Crippen LogP contribution in [-0.4, -0.2) is 49.6 Å². The fourth-order valence-electron chi connectivity index (χ4n) is 2.18. The summed E-state index contributed by atoms with van der Waals surface area (Å²) in [6.45, 7) is 7.78. The molecule has 0 aromatic rings. The minimum Gasteiger partial charge on any atom is -0.357 e. The molecule has 6 heteroatoms. The number of piperidine rings is 1. The Hall–Kier alpha value is -0.330. The lowest BCUT2D eigenvalue weighted by Gasteiger charge is -2.34. The van der Waals surface area contributed by atoms with Gasteiger partial charge in [-0.1, -0.05) is 0 Å². The van der Waals surface area contributed by atoms with Crippen LogP contribution in [0.1, 0.15) is 33.6 Å². The summed E-state index contributed by atoms with van der Waals surface area (Å²) in [6, 6.07) is 0. The van der Waals surface area contributed by atoms with Crippen LogP contribution in [0.4, 0.5) is 13.2 Å². The summed E-state index contributed by atoms with van der Waals surface area (Å²) < 4.78 is 40.7. The Morgan fingerprint density at radius 2 is 1.95 bits per heavy atom. The van der Waals surface area contributed by atoms with Crippen molar-refractivity contribution in [3.8, 4) is 0 Å². The van der Waals surface area contributed by atoms with Gasteiger partial charge in [0.25, 0.3) is 0 Å². The van der Waals surface area contributed by atoms with Gasteiger partial charge in [0.15, 0.2) is 0 Å². The van der Waals surface area contributed by atoms with Crippen LogP contribution in [0.15, 0.2) is 0 Å². The van der Waals surface area contributed by atoms with E-state index in [1.165, 1.54) is 0 Å². The molecule has 1 aliphatic rings. The Balaban J connectivity index is 2.22. The first-order valence-electron chi connectivity index (χ1n) is 6.77. The van der Waals surface area contributed by atoms with Crippen molar-refractivity contribution >= 4 is 0 Å². The molecular formula is C13H25F3N2O. The number of ether oxygens (including phenoxy) is 1. The topological polar surface area (TPSA) is 24.5 Å². The molecule has 1 saturated heterocycles. The van der Waals surface area contributed by atoms with Crippen LogP contribution in [0, 0.1) is 5.92 Å². The molecule has 19 heavy (non-hydrogen) atoms. The van der Waals surface area contributed by atoms with Gasteiger partial charge in [-0.05, 0) is 46.1 Å². The van der Waals surface area contributed by atoms with E-state index in [4.69, 9.17) is 4.74 Å². The van der Waals surface area contributed by atoms with Gasteiger partial charge in [-0.2, -0.15) is 13.2 Å². The first-order valence-corrected chi connectivity index (χ1v) is 6.77. The highest BCUT2D eigenvalue weighted by Crippen LogP contribution is 2.18. The third kappa shape index (κ3) is 8.44. The summed E-state index contributed by atoms with van der Waals surface area (Å²) in [7, 11) is 0. The van der Waals surface area contributed by atoms with E-state index < -0.39 is 12.8 Å². The Bertz CT molecular complexity index is 264. The third-order valence-electron chi connectivity index (χ3n) is 3.06. The maximum atomic E-state index is 12.0. The van der Waals surface area contributed by atoms with Crippen molar-refractivity contribution in [3.05, 3.63) is 0 Å². The molecular weight excluding hydrogens is 257 g/mol. The lowest BCUT2D eigenvalue weighted by atomic mass is 9.97. The summed E-state index contributed by atoms with van der Waals surface area (Å²) in [5.74, 6) is 0.488. The van der Waals surface area contributed by atoms with E-state index >= 15 is 0 Å². The molecule has 1 rings (SSSR count). The second-order valence-electron chi connectivity index (χ2n) is 6.31. The lowest BCUT2D eigenvalue weighted by Crippen LogP contribution is -2.45. The number of nitrogens with one attached hydrogen (secondary N) is 1. The highest BCUT2D eigenvalue weighted by molar-refractivity contribution is 4.77. The summed E-state index contributed by atoms with van der Waals surface area (Å²) >= 11 is 0. The number of alkyl halides is 3. The van der Waals surface area contributed by atoms with Crippen LogP contribution < -0.4 is 5.32 Å². The Morgan fingerprint density at radius 3 is 2.53 bits per heavy atom. The second-order valence-corrected chi connectivity index (χ2v) is 6.31. The standard InChI is InChI=1S/C13H25F3N2O/c1-12(2,3)17-7-11-5-4-6-18(8-11)10-19-9-13(14,15)16/h11,17H,4-10H2,1-3H3. The molecule has 1 heterocycles.